The number of hydrogen-bond donors (Lipinski definition) is 0. The van der Waals surface area contributed by atoms with E-state index in [1.807, 2.05) is 78.9 Å². The quantitative estimate of drug-likeness (QED) is 0.138. The minimum absolute atomic E-state index is 0. The maximum atomic E-state index is 13.0. The van der Waals surface area contributed by atoms with Crippen molar-refractivity contribution in [3.63, 3.8) is 0 Å². The molecule has 0 amide bonds. The Morgan fingerprint density at radius 3 is 1.82 bits per heavy atom. The standard InChI is InChI=1S/C19H10F6N.C11H8N.Ir/c20-18(21,22)15-8-6-13(10-16(15)19(23,24)25)17-9-7-14(11-26-17)12-4-2-1-3-5-12;1-2-6-10(7-3-1)11-8-4-5-9-12-11;/h1-9,11H;1-6,8-9H;/q2*-1;. The van der Waals surface area contributed by atoms with E-state index in [1.54, 1.807) is 12.3 Å². The van der Waals surface area contributed by atoms with Gasteiger partial charge in [-0.25, -0.2) is 0 Å². The first-order valence-corrected chi connectivity index (χ1v) is 11.2. The Labute approximate surface area is 234 Å². The summed E-state index contributed by atoms with van der Waals surface area (Å²) < 4.78 is 77.5. The Kier molecular flexibility index (Phi) is 9.78. The Hall–Kier alpha value is -3.81. The summed E-state index contributed by atoms with van der Waals surface area (Å²) in [5, 5.41) is 0. The number of nitrogens with zero attached hydrogens (tertiary/aromatic N) is 2. The van der Waals surface area contributed by atoms with Gasteiger partial charge in [-0.1, -0.05) is 54.6 Å². The third-order valence-corrected chi connectivity index (χ3v) is 5.33. The second-order valence-electron chi connectivity index (χ2n) is 7.95. The molecular formula is C30H18F6IrN2-2. The predicted octanol–water partition coefficient (Wildman–Crippen LogP) is 8.80. The molecule has 2 aromatic heterocycles. The molecule has 0 bridgehead atoms. The number of benzene rings is 3. The van der Waals surface area contributed by atoms with Crippen LogP contribution >= 0.6 is 0 Å². The molecule has 0 aliphatic rings. The van der Waals surface area contributed by atoms with Crippen molar-refractivity contribution < 1.29 is 46.4 Å². The van der Waals surface area contributed by atoms with Gasteiger partial charge in [0.2, 0.25) is 0 Å². The van der Waals surface area contributed by atoms with E-state index < -0.39 is 23.5 Å². The van der Waals surface area contributed by atoms with Gasteiger partial charge in [0.05, 0.1) is 0 Å². The molecule has 3 aromatic carbocycles. The van der Waals surface area contributed by atoms with Crippen molar-refractivity contribution in [2.24, 2.45) is 0 Å². The minimum atomic E-state index is -5.18. The second kappa shape index (κ2) is 12.8. The topological polar surface area (TPSA) is 25.8 Å². The second-order valence-corrected chi connectivity index (χ2v) is 7.95. The number of halogens is 6. The monoisotopic (exact) mass is 713 g/mol. The molecule has 2 heterocycles. The van der Waals surface area contributed by atoms with Crippen molar-refractivity contribution >= 4 is 0 Å². The largest absolute Gasteiger partial charge is 0.400 e. The van der Waals surface area contributed by atoms with Gasteiger partial charge >= 0.3 is 12.4 Å². The van der Waals surface area contributed by atoms with E-state index >= 15 is 0 Å². The van der Waals surface area contributed by atoms with Gasteiger partial charge < -0.3 is 9.97 Å². The Morgan fingerprint density at radius 1 is 0.564 bits per heavy atom. The van der Waals surface area contributed by atoms with E-state index in [4.69, 9.17) is 0 Å². The van der Waals surface area contributed by atoms with Gasteiger partial charge in [-0.15, -0.1) is 59.7 Å². The zero-order valence-electron chi connectivity index (χ0n) is 19.9. The number of hydrogen-bond acceptors (Lipinski definition) is 2. The van der Waals surface area contributed by atoms with Crippen LogP contribution in [0.25, 0.3) is 33.6 Å². The van der Waals surface area contributed by atoms with Crippen LogP contribution in [0.3, 0.4) is 0 Å². The minimum Gasteiger partial charge on any atom is -0.305 e. The number of rotatable bonds is 3. The maximum Gasteiger partial charge on any atom is 0.400 e. The summed E-state index contributed by atoms with van der Waals surface area (Å²) >= 11 is 0. The SMILES string of the molecule is FC(F)(F)c1[c-]c(-c2ccc(-c3ccccc3)cn2)ccc1C(F)(F)F.[Ir].[c-]1ccccc1-c1ccccn1. The average molecular weight is 713 g/mol. The van der Waals surface area contributed by atoms with E-state index in [0.29, 0.717) is 6.07 Å². The fraction of sp³-hybridized carbons (Fsp3) is 0.0667. The summed E-state index contributed by atoms with van der Waals surface area (Å²) in [6.07, 6.45) is -7.06. The first-order chi connectivity index (χ1) is 18.1. The molecule has 0 atom stereocenters. The van der Waals surface area contributed by atoms with Crippen LogP contribution in [0.4, 0.5) is 26.3 Å². The van der Waals surface area contributed by atoms with Crippen LogP contribution in [0.2, 0.25) is 0 Å². The number of alkyl halides is 6. The van der Waals surface area contributed by atoms with E-state index in [1.165, 1.54) is 12.3 Å². The Balaban J connectivity index is 0.000000270. The van der Waals surface area contributed by atoms with Crippen LogP contribution in [-0.4, -0.2) is 9.97 Å². The van der Waals surface area contributed by atoms with Crippen molar-refractivity contribution in [3.8, 4) is 33.6 Å². The zero-order chi connectivity index (χ0) is 27.2. The number of pyridine rings is 2. The predicted molar refractivity (Wildman–Crippen MR) is 132 cm³/mol. The molecule has 0 saturated carbocycles. The summed E-state index contributed by atoms with van der Waals surface area (Å²) in [6, 6.07) is 32.2. The summed E-state index contributed by atoms with van der Waals surface area (Å²) in [6.45, 7) is 0. The molecule has 0 saturated heterocycles. The van der Waals surface area contributed by atoms with Gasteiger partial charge in [-0.2, -0.15) is 26.3 Å². The summed E-state index contributed by atoms with van der Waals surface area (Å²) in [5.41, 5.74) is -0.0765. The van der Waals surface area contributed by atoms with Crippen LogP contribution in [0.5, 0.6) is 0 Å². The van der Waals surface area contributed by atoms with Crippen molar-refractivity contribution in [3.05, 3.63) is 133 Å². The molecule has 0 N–H and O–H groups in total. The average Bonchev–Trinajstić information content (AvgIpc) is 2.94. The molecule has 39 heavy (non-hydrogen) atoms. The molecule has 1 radical (unpaired) electrons. The van der Waals surface area contributed by atoms with Crippen LogP contribution < -0.4 is 0 Å². The van der Waals surface area contributed by atoms with Gasteiger partial charge in [0.15, 0.2) is 0 Å². The van der Waals surface area contributed by atoms with Crippen molar-refractivity contribution in [2.45, 2.75) is 12.4 Å². The Bertz CT molecular complexity index is 1420. The summed E-state index contributed by atoms with van der Waals surface area (Å²) in [5.74, 6) is 0. The molecule has 0 aliphatic carbocycles. The molecular weight excluding hydrogens is 695 g/mol. The molecule has 0 spiro atoms. The molecule has 201 valence electrons. The molecule has 0 aliphatic heterocycles. The van der Waals surface area contributed by atoms with Gasteiger partial charge in [0.1, 0.15) is 0 Å². The third-order valence-electron chi connectivity index (χ3n) is 5.33. The van der Waals surface area contributed by atoms with Gasteiger partial charge in [-0.3, -0.25) is 0 Å². The van der Waals surface area contributed by atoms with E-state index in [0.717, 1.165) is 28.5 Å². The van der Waals surface area contributed by atoms with Crippen molar-refractivity contribution in [2.75, 3.05) is 0 Å². The van der Waals surface area contributed by atoms with Crippen LogP contribution in [-0.2, 0) is 32.5 Å². The van der Waals surface area contributed by atoms with Crippen LogP contribution in [0, 0.1) is 12.1 Å². The maximum absolute atomic E-state index is 13.0. The normalized spacial score (nSPS) is 11.1. The molecule has 2 nitrogen and oxygen atoms in total. The molecule has 0 fully saturated rings. The van der Waals surface area contributed by atoms with E-state index in [-0.39, 0.29) is 31.4 Å². The van der Waals surface area contributed by atoms with E-state index in [2.05, 4.69) is 16.0 Å². The molecule has 5 rings (SSSR count). The molecule has 9 heteroatoms. The fourth-order valence-corrected chi connectivity index (χ4v) is 3.53. The fourth-order valence-electron chi connectivity index (χ4n) is 3.53. The summed E-state index contributed by atoms with van der Waals surface area (Å²) in [4.78, 5) is 8.28. The third kappa shape index (κ3) is 7.85. The van der Waals surface area contributed by atoms with Crippen LogP contribution in [0.1, 0.15) is 11.1 Å². The first-order valence-electron chi connectivity index (χ1n) is 11.2. The van der Waals surface area contributed by atoms with Crippen LogP contribution in [0.15, 0.2) is 109 Å². The zero-order valence-corrected chi connectivity index (χ0v) is 22.3. The van der Waals surface area contributed by atoms with Gasteiger partial charge in [0.25, 0.3) is 0 Å². The van der Waals surface area contributed by atoms with E-state index in [9.17, 15) is 26.3 Å². The smallest absolute Gasteiger partial charge is 0.305 e. The number of aromatic nitrogens is 2. The van der Waals surface area contributed by atoms with Gasteiger partial charge in [-0.05, 0) is 39.7 Å². The molecule has 0 unspecified atom stereocenters. The van der Waals surface area contributed by atoms with Gasteiger partial charge in [0, 0.05) is 32.5 Å². The van der Waals surface area contributed by atoms with Crippen molar-refractivity contribution in [1.29, 1.82) is 0 Å². The first kappa shape index (κ1) is 29.7. The summed E-state index contributed by atoms with van der Waals surface area (Å²) in [7, 11) is 0. The Morgan fingerprint density at radius 2 is 1.26 bits per heavy atom. The van der Waals surface area contributed by atoms with Crippen molar-refractivity contribution in [1.82, 2.24) is 9.97 Å². The molecule has 5 aromatic rings.